The summed E-state index contributed by atoms with van der Waals surface area (Å²) in [5.74, 6) is -0.388. The monoisotopic (exact) mass is 316 g/mol. The molecule has 0 spiro atoms. The summed E-state index contributed by atoms with van der Waals surface area (Å²) in [7, 11) is 0. The van der Waals surface area contributed by atoms with Crippen molar-refractivity contribution in [3.05, 3.63) is 58.1 Å². The molecule has 96 valence electrons. The van der Waals surface area contributed by atoms with Crippen LogP contribution in [-0.4, -0.2) is 12.5 Å². The maximum atomic E-state index is 11.5. The molecule has 2 N–H and O–H groups in total. The maximum absolute atomic E-state index is 11.5. The SMILES string of the molecule is NC(=O)c1ccccc1N1CCc2cc(Br)ccc21. The van der Waals surface area contributed by atoms with Crippen molar-refractivity contribution in [3.63, 3.8) is 0 Å². The van der Waals surface area contributed by atoms with Crippen LogP contribution in [0.2, 0.25) is 0 Å². The third-order valence-electron chi connectivity index (χ3n) is 3.40. The van der Waals surface area contributed by atoms with Gasteiger partial charge in [0.15, 0.2) is 0 Å². The first kappa shape index (κ1) is 12.2. The smallest absolute Gasteiger partial charge is 0.250 e. The number of nitrogens with two attached hydrogens (primary N) is 1. The molecule has 1 amide bonds. The number of carbonyl (C=O) groups is 1. The largest absolute Gasteiger partial charge is 0.366 e. The zero-order chi connectivity index (χ0) is 13.4. The molecule has 0 saturated heterocycles. The predicted molar refractivity (Wildman–Crippen MR) is 79.8 cm³/mol. The molecule has 1 aliphatic rings. The standard InChI is InChI=1S/C15H13BrN2O/c16-11-5-6-13-10(9-11)7-8-18(13)14-4-2-1-3-12(14)15(17)19/h1-6,9H,7-8H2,(H2,17,19). The van der Waals surface area contributed by atoms with Gasteiger partial charge < -0.3 is 10.6 Å². The predicted octanol–water partition coefficient (Wildman–Crippen LogP) is 3.24. The molecule has 0 unspecified atom stereocenters. The van der Waals surface area contributed by atoms with Crippen molar-refractivity contribution in [2.24, 2.45) is 5.73 Å². The third kappa shape index (κ3) is 2.12. The number of anilines is 2. The molecular weight excluding hydrogens is 304 g/mol. The summed E-state index contributed by atoms with van der Waals surface area (Å²) in [6, 6.07) is 13.7. The van der Waals surface area contributed by atoms with Gasteiger partial charge in [-0.25, -0.2) is 0 Å². The van der Waals surface area contributed by atoms with Gasteiger partial charge in [-0.05, 0) is 42.3 Å². The number of benzene rings is 2. The Bertz CT molecular complexity index is 654. The zero-order valence-corrected chi connectivity index (χ0v) is 11.9. The van der Waals surface area contributed by atoms with Crippen molar-refractivity contribution in [1.82, 2.24) is 0 Å². The molecule has 0 fully saturated rings. The van der Waals surface area contributed by atoms with Gasteiger partial charge in [-0.1, -0.05) is 28.1 Å². The van der Waals surface area contributed by atoms with Crippen molar-refractivity contribution in [3.8, 4) is 0 Å². The van der Waals surface area contributed by atoms with Gasteiger partial charge in [-0.2, -0.15) is 0 Å². The Balaban J connectivity index is 2.09. The number of fused-ring (bicyclic) bond motifs is 1. The number of carbonyl (C=O) groups excluding carboxylic acids is 1. The number of rotatable bonds is 2. The maximum Gasteiger partial charge on any atom is 0.250 e. The topological polar surface area (TPSA) is 46.3 Å². The Morgan fingerprint density at radius 2 is 1.95 bits per heavy atom. The molecule has 19 heavy (non-hydrogen) atoms. The van der Waals surface area contributed by atoms with Crippen LogP contribution < -0.4 is 10.6 Å². The lowest BCUT2D eigenvalue weighted by Crippen LogP contribution is -2.20. The lowest BCUT2D eigenvalue weighted by molar-refractivity contribution is 0.100. The Morgan fingerprint density at radius 3 is 2.74 bits per heavy atom. The molecule has 2 aromatic carbocycles. The molecule has 0 aliphatic carbocycles. The fourth-order valence-corrected chi connectivity index (χ4v) is 2.95. The number of nitrogens with zero attached hydrogens (tertiary/aromatic N) is 1. The Labute approximate surface area is 120 Å². The van der Waals surface area contributed by atoms with Crippen LogP contribution >= 0.6 is 15.9 Å². The van der Waals surface area contributed by atoms with Crippen molar-refractivity contribution in [2.45, 2.75) is 6.42 Å². The highest BCUT2D eigenvalue weighted by molar-refractivity contribution is 9.10. The van der Waals surface area contributed by atoms with Gasteiger partial charge >= 0.3 is 0 Å². The summed E-state index contributed by atoms with van der Waals surface area (Å²) >= 11 is 3.49. The minimum absolute atomic E-state index is 0.388. The Morgan fingerprint density at radius 1 is 1.16 bits per heavy atom. The Kier molecular flexibility index (Phi) is 3.03. The van der Waals surface area contributed by atoms with E-state index in [4.69, 9.17) is 5.73 Å². The van der Waals surface area contributed by atoms with E-state index >= 15 is 0 Å². The number of para-hydroxylation sites is 1. The van der Waals surface area contributed by atoms with Crippen molar-refractivity contribution in [2.75, 3.05) is 11.4 Å². The highest BCUT2D eigenvalue weighted by atomic mass is 79.9. The summed E-state index contributed by atoms with van der Waals surface area (Å²) in [5.41, 5.74) is 9.34. The molecule has 0 atom stereocenters. The number of primary amides is 1. The lowest BCUT2D eigenvalue weighted by Gasteiger charge is -2.21. The molecule has 3 nitrogen and oxygen atoms in total. The Hall–Kier alpha value is -1.81. The summed E-state index contributed by atoms with van der Waals surface area (Å²) in [6.45, 7) is 0.871. The normalized spacial score (nSPS) is 13.4. The highest BCUT2D eigenvalue weighted by Crippen LogP contribution is 2.37. The van der Waals surface area contributed by atoms with Crippen LogP contribution in [0.5, 0.6) is 0 Å². The molecule has 1 aliphatic heterocycles. The number of hydrogen-bond donors (Lipinski definition) is 1. The van der Waals surface area contributed by atoms with Crippen LogP contribution in [0.15, 0.2) is 46.9 Å². The van der Waals surface area contributed by atoms with E-state index in [1.807, 2.05) is 24.3 Å². The zero-order valence-electron chi connectivity index (χ0n) is 10.3. The minimum atomic E-state index is -0.388. The summed E-state index contributed by atoms with van der Waals surface area (Å²) in [5, 5.41) is 0. The van der Waals surface area contributed by atoms with Crippen molar-refractivity contribution in [1.29, 1.82) is 0 Å². The second kappa shape index (κ2) is 4.70. The minimum Gasteiger partial charge on any atom is -0.366 e. The first-order valence-electron chi connectivity index (χ1n) is 6.11. The van der Waals surface area contributed by atoms with Crippen LogP contribution in [-0.2, 0) is 6.42 Å². The van der Waals surface area contributed by atoms with Crippen molar-refractivity contribution < 1.29 is 4.79 Å². The molecule has 3 rings (SSSR count). The lowest BCUT2D eigenvalue weighted by atomic mass is 10.1. The molecule has 1 heterocycles. The van der Waals surface area contributed by atoms with E-state index in [9.17, 15) is 4.79 Å². The van der Waals surface area contributed by atoms with Gasteiger partial charge in [-0.3, -0.25) is 4.79 Å². The molecular formula is C15H13BrN2O. The summed E-state index contributed by atoms with van der Waals surface area (Å²) < 4.78 is 1.08. The molecule has 0 bridgehead atoms. The van der Waals surface area contributed by atoms with Crippen LogP contribution in [0.25, 0.3) is 0 Å². The third-order valence-corrected chi connectivity index (χ3v) is 3.89. The van der Waals surface area contributed by atoms with Gasteiger partial charge in [0.1, 0.15) is 0 Å². The van der Waals surface area contributed by atoms with Gasteiger partial charge in [0.25, 0.3) is 5.91 Å². The molecule has 4 heteroatoms. The van der Waals surface area contributed by atoms with Gasteiger partial charge in [0.2, 0.25) is 0 Å². The molecule has 2 aromatic rings. The second-order valence-corrected chi connectivity index (χ2v) is 5.47. The fraction of sp³-hybridized carbons (Fsp3) is 0.133. The summed E-state index contributed by atoms with van der Waals surface area (Å²) in [6.07, 6.45) is 0.974. The quantitative estimate of drug-likeness (QED) is 0.924. The fourth-order valence-electron chi connectivity index (χ4n) is 2.54. The average Bonchev–Trinajstić information content (AvgIpc) is 2.81. The molecule has 0 saturated carbocycles. The van der Waals surface area contributed by atoms with E-state index in [0.717, 1.165) is 28.8 Å². The summed E-state index contributed by atoms with van der Waals surface area (Å²) in [4.78, 5) is 13.7. The first-order valence-corrected chi connectivity index (χ1v) is 6.91. The van der Waals surface area contributed by atoms with E-state index in [1.165, 1.54) is 5.56 Å². The highest BCUT2D eigenvalue weighted by Gasteiger charge is 2.23. The van der Waals surface area contributed by atoms with Crippen LogP contribution in [0.3, 0.4) is 0 Å². The van der Waals surface area contributed by atoms with Crippen molar-refractivity contribution >= 4 is 33.2 Å². The van der Waals surface area contributed by atoms with Crippen LogP contribution in [0.1, 0.15) is 15.9 Å². The number of halogens is 1. The van der Waals surface area contributed by atoms with E-state index < -0.39 is 0 Å². The van der Waals surface area contributed by atoms with Crippen LogP contribution in [0.4, 0.5) is 11.4 Å². The van der Waals surface area contributed by atoms with Gasteiger partial charge in [0.05, 0.1) is 11.3 Å². The number of amides is 1. The first-order chi connectivity index (χ1) is 9.16. The van der Waals surface area contributed by atoms with E-state index in [2.05, 4.69) is 33.0 Å². The molecule has 0 radical (unpaired) electrons. The van der Waals surface area contributed by atoms with E-state index in [0.29, 0.717) is 5.56 Å². The van der Waals surface area contributed by atoms with Gasteiger partial charge in [0, 0.05) is 16.7 Å². The van der Waals surface area contributed by atoms with E-state index in [1.54, 1.807) is 6.07 Å². The van der Waals surface area contributed by atoms with Gasteiger partial charge in [-0.15, -0.1) is 0 Å². The van der Waals surface area contributed by atoms with Crippen LogP contribution in [0, 0.1) is 0 Å². The number of hydrogen-bond acceptors (Lipinski definition) is 2. The second-order valence-electron chi connectivity index (χ2n) is 4.56. The van der Waals surface area contributed by atoms with E-state index in [-0.39, 0.29) is 5.91 Å². The molecule has 0 aromatic heterocycles. The average molecular weight is 317 g/mol.